The van der Waals surface area contributed by atoms with Crippen LogP contribution in [0.25, 0.3) is 0 Å². The highest BCUT2D eigenvalue weighted by molar-refractivity contribution is 5.89. The Labute approximate surface area is 113 Å². The third-order valence-electron chi connectivity index (χ3n) is 3.78. The van der Waals surface area contributed by atoms with Crippen molar-refractivity contribution in [2.45, 2.75) is 38.1 Å². The molecule has 104 valence electrons. The third kappa shape index (κ3) is 3.23. The van der Waals surface area contributed by atoms with E-state index in [2.05, 4.69) is 17.2 Å². The topological polar surface area (TPSA) is 65.5 Å². The van der Waals surface area contributed by atoms with E-state index in [1.165, 1.54) is 0 Å². The van der Waals surface area contributed by atoms with Crippen molar-refractivity contribution in [2.75, 3.05) is 18.5 Å². The molecule has 1 atom stereocenters. The first-order valence-corrected chi connectivity index (χ1v) is 6.75. The number of amides is 2. The molecule has 1 saturated heterocycles. The summed E-state index contributed by atoms with van der Waals surface area (Å²) in [6.45, 7) is 3.04. The van der Waals surface area contributed by atoms with E-state index >= 15 is 0 Å². The summed E-state index contributed by atoms with van der Waals surface area (Å²) in [5.74, 6) is 0. The van der Waals surface area contributed by atoms with E-state index in [1.54, 1.807) is 18.5 Å². The lowest BCUT2D eigenvalue weighted by atomic mass is 9.93. The molecule has 5 nitrogen and oxygen atoms in total. The number of aliphatic hydroxyl groups excluding tert-OH is 1. The van der Waals surface area contributed by atoms with E-state index < -0.39 is 0 Å². The molecule has 1 fully saturated rings. The number of rotatable bonds is 4. The van der Waals surface area contributed by atoms with Crippen molar-refractivity contribution in [3.8, 4) is 0 Å². The highest BCUT2D eigenvalue weighted by Crippen LogP contribution is 2.33. The van der Waals surface area contributed by atoms with Gasteiger partial charge in [-0.2, -0.15) is 0 Å². The van der Waals surface area contributed by atoms with Gasteiger partial charge in [0.1, 0.15) is 0 Å². The molecule has 0 aliphatic carbocycles. The normalized spacial score (nSPS) is 22.5. The van der Waals surface area contributed by atoms with Gasteiger partial charge in [0, 0.05) is 24.9 Å². The van der Waals surface area contributed by atoms with Crippen LogP contribution in [0.4, 0.5) is 10.5 Å². The van der Waals surface area contributed by atoms with Gasteiger partial charge in [-0.25, -0.2) is 4.79 Å². The Morgan fingerprint density at radius 2 is 2.47 bits per heavy atom. The number of hydrogen-bond acceptors (Lipinski definition) is 3. The summed E-state index contributed by atoms with van der Waals surface area (Å²) in [5, 5.41) is 11.9. The number of aliphatic hydroxyl groups is 1. The Balaban J connectivity index is 2.01. The number of carbonyl (C=O) groups is 1. The first-order valence-electron chi connectivity index (χ1n) is 6.75. The molecule has 2 N–H and O–H groups in total. The molecule has 2 heterocycles. The number of aromatic nitrogens is 1. The summed E-state index contributed by atoms with van der Waals surface area (Å²) in [6.07, 6.45) is 6.89. The molecule has 0 saturated carbocycles. The molecule has 0 radical (unpaired) electrons. The average Bonchev–Trinajstić information content (AvgIpc) is 2.80. The highest BCUT2D eigenvalue weighted by Gasteiger charge is 2.38. The summed E-state index contributed by atoms with van der Waals surface area (Å²) in [4.78, 5) is 18.2. The van der Waals surface area contributed by atoms with Crippen LogP contribution in [0, 0.1) is 0 Å². The van der Waals surface area contributed by atoms with Crippen LogP contribution in [0.3, 0.4) is 0 Å². The van der Waals surface area contributed by atoms with Gasteiger partial charge in [0.2, 0.25) is 0 Å². The largest absolute Gasteiger partial charge is 0.396 e. The number of carbonyl (C=O) groups excluding carboxylic acids is 1. The van der Waals surface area contributed by atoms with Gasteiger partial charge in [0.05, 0.1) is 11.9 Å². The van der Waals surface area contributed by atoms with Gasteiger partial charge in [-0.3, -0.25) is 4.98 Å². The molecule has 1 aliphatic rings. The van der Waals surface area contributed by atoms with E-state index in [1.807, 2.05) is 11.0 Å². The van der Waals surface area contributed by atoms with Crippen molar-refractivity contribution < 1.29 is 9.90 Å². The first-order chi connectivity index (χ1) is 9.15. The monoisotopic (exact) mass is 263 g/mol. The van der Waals surface area contributed by atoms with Crippen LogP contribution in [-0.2, 0) is 0 Å². The quantitative estimate of drug-likeness (QED) is 0.875. The average molecular weight is 263 g/mol. The maximum atomic E-state index is 12.3. The predicted molar refractivity (Wildman–Crippen MR) is 73.9 cm³/mol. The first kappa shape index (κ1) is 13.8. The molecule has 1 aliphatic heterocycles. The molecule has 1 aromatic heterocycles. The van der Waals surface area contributed by atoms with Crippen molar-refractivity contribution in [3.05, 3.63) is 24.5 Å². The van der Waals surface area contributed by atoms with Crippen LogP contribution in [-0.4, -0.2) is 39.7 Å². The highest BCUT2D eigenvalue weighted by atomic mass is 16.3. The fourth-order valence-electron chi connectivity index (χ4n) is 2.72. The Bertz CT molecular complexity index is 424. The second kappa shape index (κ2) is 6.02. The minimum Gasteiger partial charge on any atom is -0.396 e. The summed E-state index contributed by atoms with van der Waals surface area (Å²) in [6, 6.07) is 3.54. The standard InChI is InChI=1S/C14H21N3O2/c1-14(7-4-10-18)6-3-9-17(14)13(19)16-12-5-2-8-15-11-12/h2,5,8,11,18H,3-4,6-7,9-10H2,1H3,(H,16,19)/t14-/m0/s1. The Morgan fingerprint density at radius 1 is 1.63 bits per heavy atom. The molecule has 5 heteroatoms. The van der Waals surface area contributed by atoms with Gasteiger partial charge < -0.3 is 15.3 Å². The molecule has 1 aromatic rings. The fraction of sp³-hybridized carbons (Fsp3) is 0.571. The maximum absolute atomic E-state index is 12.3. The van der Waals surface area contributed by atoms with E-state index in [0.29, 0.717) is 5.69 Å². The molecular weight excluding hydrogens is 242 g/mol. The van der Waals surface area contributed by atoms with Crippen LogP contribution in [0.15, 0.2) is 24.5 Å². The van der Waals surface area contributed by atoms with Crippen LogP contribution >= 0.6 is 0 Å². The fourth-order valence-corrected chi connectivity index (χ4v) is 2.72. The zero-order valence-corrected chi connectivity index (χ0v) is 11.3. The van der Waals surface area contributed by atoms with Crippen LogP contribution in [0.1, 0.15) is 32.6 Å². The molecule has 0 bridgehead atoms. The molecular formula is C14H21N3O2. The second-order valence-corrected chi connectivity index (χ2v) is 5.25. The Morgan fingerprint density at radius 3 is 3.16 bits per heavy atom. The summed E-state index contributed by atoms with van der Waals surface area (Å²) in [5.41, 5.74) is 0.568. The molecule has 0 spiro atoms. The maximum Gasteiger partial charge on any atom is 0.322 e. The number of anilines is 1. The summed E-state index contributed by atoms with van der Waals surface area (Å²) >= 11 is 0. The zero-order chi connectivity index (χ0) is 13.7. The third-order valence-corrected chi connectivity index (χ3v) is 3.78. The van der Waals surface area contributed by atoms with Crippen molar-refractivity contribution in [1.29, 1.82) is 0 Å². The number of hydrogen-bond donors (Lipinski definition) is 2. The Kier molecular flexibility index (Phi) is 4.37. The summed E-state index contributed by atoms with van der Waals surface area (Å²) < 4.78 is 0. The molecule has 2 rings (SSSR count). The van der Waals surface area contributed by atoms with Crippen molar-refractivity contribution >= 4 is 11.7 Å². The lowest BCUT2D eigenvalue weighted by Gasteiger charge is -2.35. The number of nitrogens with zero attached hydrogens (tertiary/aromatic N) is 2. The van der Waals surface area contributed by atoms with E-state index in [0.717, 1.165) is 32.2 Å². The van der Waals surface area contributed by atoms with Crippen molar-refractivity contribution in [2.24, 2.45) is 0 Å². The molecule has 19 heavy (non-hydrogen) atoms. The van der Waals surface area contributed by atoms with Gasteiger partial charge in [-0.05, 0) is 44.7 Å². The van der Waals surface area contributed by atoms with E-state index in [-0.39, 0.29) is 18.2 Å². The second-order valence-electron chi connectivity index (χ2n) is 5.25. The van der Waals surface area contributed by atoms with Crippen LogP contribution in [0.2, 0.25) is 0 Å². The van der Waals surface area contributed by atoms with Crippen LogP contribution < -0.4 is 5.32 Å². The number of likely N-dealkylation sites (tertiary alicyclic amines) is 1. The molecule has 2 amide bonds. The van der Waals surface area contributed by atoms with Crippen molar-refractivity contribution in [3.63, 3.8) is 0 Å². The van der Waals surface area contributed by atoms with Crippen molar-refractivity contribution in [1.82, 2.24) is 9.88 Å². The van der Waals surface area contributed by atoms with E-state index in [9.17, 15) is 4.79 Å². The SMILES string of the molecule is C[C@@]1(CCCO)CCCN1C(=O)Nc1cccnc1. The minimum absolute atomic E-state index is 0.0778. The van der Waals surface area contributed by atoms with Gasteiger partial charge in [-0.1, -0.05) is 0 Å². The van der Waals surface area contributed by atoms with E-state index in [4.69, 9.17) is 5.11 Å². The number of urea groups is 1. The lowest BCUT2D eigenvalue weighted by Crippen LogP contribution is -2.47. The Hall–Kier alpha value is -1.62. The van der Waals surface area contributed by atoms with Gasteiger partial charge in [0.15, 0.2) is 0 Å². The molecule has 0 unspecified atom stereocenters. The predicted octanol–water partition coefficient (Wildman–Crippen LogP) is 2.24. The number of pyridine rings is 1. The van der Waals surface area contributed by atoms with Crippen LogP contribution in [0.5, 0.6) is 0 Å². The minimum atomic E-state index is -0.144. The molecule has 0 aromatic carbocycles. The smallest absolute Gasteiger partial charge is 0.322 e. The number of nitrogens with one attached hydrogen (secondary N) is 1. The zero-order valence-electron chi connectivity index (χ0n) is 11.3. The van der Waals surface area contributed by atoms with Gasteiger partial charge in [0.25, 0.3) is 0 Å². The van der Waals surface area contributed by atoms with Gasteiger partial charge >= 0.3 is 6.03 Å². The summed E-state index contributed by atoms with van der Waals surface area (Å²) in [7, 11) is 0. The van der Waals surface area contributed by atoms with Gasteiger partial charge in [-0.15, -0.1) is 0 Å². The lowest BCUT2D eigenvalue weighted by molar-refractivity contribution is 0.151.